The van der Waals surface area contributed by atoms with Crippen LogP contribution in [0, 0.1) is 0 Å². The fourth-order valence-electron chi connectivity index (χ4n) is 0.469. The first-order chi connectivity index (χ1) is 4.72. The van der Waals surface area contributed by atoms with Gasteiger partial charge in [-0.25, -0.2) is 0 Å². The summed E-state index contributed by atoms with van der Waals surface area (Å²) < 4.78 is 0. The average molecular weight is 159 g/mol. The summed E-state index contributed by atoms with van der Waals surface area (Å²) in [6, 6.07) is 0. The maximum absolute atomic E-state index is 10.2. The molecule has 0 saturated carbocycles. The van der Waals surface area contributed by atoms with Crippen LogP contribution in [0.2, 0.25) is 0 Å². The minimum atomic E-state index is -1.03. The Balaban J connectivity index is 2.77. The number of carboxylic acid groups (broad SMARTS) is 1. The Morgan fingerprint density at radius 2 is 2.60 bits per heavy atom. The van der Waals surface area contributed by atoms with Crippen molar-refractivity contribution in [1.82, 2.24) is 15.4 Å². The molecule has 2 N–H and O–H groups in total. The van der Waals surface area contributed by atoms with E-state index >= 15 is 0 Å². The molecule has 0 aliphatic carbocycles. The Labute approximate surface area is 61.9 Å². The van der Waals surface area contributed by atoms with Gasteiger partial charge in [0.1, 0.15) is 10.9 Å². The van der Waals surface area contributed by atoms with Gasteiger partial charge in [-0.1, -0.05) is 0 Å². The average Bonchev–Trinajstić information content (AvgIpc) is 2.36. The summed E-state index contributed by atoms with van der Waals surface area (Å²) in [5.41, 5.74) is 0.316. The van der Waals surface area contributed by atoms with Crippen LogP contribution in [-0.4, -0.2) is 26.5 Å². The molecule has 0 bridgehead atoms. The van der Waals surface area contributed by atoms with Crippen molar-refractivity contribution in [2.24, 2.45) is 0 Å². The van der Waals surface area contributed by atoms with Crippen molar-refractivity contribution in [1.29, 1.82) is 0 Å². The molecular formula is C4H5N3O2S. The van der Waals surface area contributed by atoms with E-state index in [-0.39, 0.29) is 0 Å². The van der Waals surface area contributed by atoms with Crippen molar-refractivity contribution in [3.8, 4) is 0 Å². The van der Waals surface area contributed by atoms with Gasteiger partial charge in [0.25, 0.3) is 0 Å². The quantitative estimate of drug-likeness (QED) is 0.525. The van der Waals surface area contributed by atoms with E-state index in [1.54, 1.807) is 0 Å². The summed E-state index contributed by atoms with van der Waals surface area (Å²) in [7, 11) is 0. The zero-order chi connectivity index (χ0) is 7.56. The molecule has 54 valence electrons. The summed E-state index contributed by atoms with van der Waals surface area (Å²) in [5.74, 6) is -1.03. The second-order valence-electron chi connectivity index (χ2n) is 1.64. The Kier molecular flexibility index (Phi) is 1.91. The molecule has 0 saturated heterocycles. The lowest BCUT2D eigenvalue weighted by molar-refractivity contribution is -0.136. The molecule has 6 heteroatoms. The lowest BCUT2D eigenvalue weighted by Crippen LogP contribution is -2.05. The van der Waals surface area contributed by atoms with Crippen LogP contribution in [0.25, 0.3) is 0 Å². The van der Waals surface area contributed by atoms with Crippen molar-refractivity contribution in [3.63, 3.8) is 0 Å². The Morgan fingerprint density at radius 1 is 1.90 bits per heavy atom. The van der Waals surface area contributed by atoms with Gasteiger partial charge in [0.15, 0.2) is 0 Å². The van der Waals surface area contributed by atoms with Crippen molar-refractivity contribution < 1.29 is 9.90 Å². The molecule has 0 amide bonds. The maximum Gasteiger partial charge on any atom is 0.322 e. The zero-order valence-corrected chi connectivity index (χ0v) is 5.75. The number of rotatable bonds is 2. The highest BCUT2D eigenvalue weighted by Gasteiger charge is 2.16. The molecule has 10 heavy (non-hydrogen) atoms. The van der Waals surface area contributed by atoms with E-state index in [1.165, 1.54) is 6.20 Å². The summed E-state index contributed by atoms with van der Waals surface area (Å²) >= 11 is 3.76. The van der Waals surface area contributed by atoms with Crippen LogP contribution in [0.4, 0.5) is 0 Å². The summed E-state index contributed by atoms with van der Waals surface area (Å²) in [6.07, 6.45) is 1.33. The minimum Gasteiger partial charge on any atom is -0.480 e. The fraction of sp³-hybridized carbons (Fsp3) is 0.250. The Hall–Kier alpha value is -1.04. The third-order valence-electron chi connectivity index (χ3n) is 0.948. The SMILES string of the molecule is O=C(O)C(S)c1cn[nH]n1. The number of thiol groups is 1. The predicted molar refractivity (Wildman–Crippen MR) is 35.7 cm³/mol. The van der Waals surface area contributed by atoms with Crippen LogP contribution in [0.15, 0.2) is 6.20 Å². The fourth-order valence-corrected chi connectivity index (χ4v) is 0.593. The van der Waals surface area contributed by atoms with Crippen molar-refractivity contribution in [2.75, 3.05) is 0 Å². The van der Waals surface area contributed by atoms with Crippen molar-refractivity contribution in [2.45, 2.75) is 5.25 Å². The van der Waals surface area contributed by atoms with Gasteiger partial charge in [0, 0.05) is 0 Å². The van der Waals surface area contributed by atoms with E-state index in [9.17, 15) is 4.79 Å². The third-order valence-corrected chi connectivity index (χ3v) is 1.43. The minimum absolute atomic E-state index is 0.316. The highest BCUT2D eigenvalue weighted by Crippen LogP contribution is 2.15. The smallest absolute Gasteiger partial charge is 0.322 e. The lowest BCUT2D eigenvalue weighted by atomic mass is 10.3. The molecule has 1 unspecified atom stereocenters. The van der Waals surface area contributed by atoms with Gasteiger partial charge in [-0.05, 0) is 0 Å². The first-order valence-corrected chi connectivity index (χ1v) is 3.00. The van der Waals surface area contributed by atoms with Gasteiger partial charge in [-0.2, -0.15) is 28.0 Å². The standard InChI is InChI=1S/C4H5N3O2S/c8-4(9)3(10)2-1-5-7-6-2/h1,3,10H,(H,8,9)(H,5,6,7). The number of hydrogen-bond acceptors (Lipinski definition) is 4. The topological polar surface area (TPSA) is 78.9 Å². The predicted octanol–water partition coefficient (Wildman–Crippen LogP) is -0.140. The first kappa shape index (κ1) is 7.07. The van der Waals surface area contributed by atoms with Crippen molar-refractivity contribution in [3.05, 3.63) is 11.9 Å². The van der Waals surface area contributed by atoms with Gasteiger partial charge in [-0.15, -0.1) is 0 Å². The molecule has 0 aromatic carbocycles. The lowest BCUT2D eigenvalue weighted by Gasteiger charge is -1.96. The summed E-state index contributed by atoms with van der Waals surface area (Å²) in [6.45, 7) is 0. The van der Waals surface area contributed by atoms with E-state index in [4.69, 9.17) is 5.11 Å². The molecule has 0 aliphatic rings. The van der Waals surface area contributed by atoms with E-state index < -0.39 is 11.2 Å². The van der Waals surface area contributed by atoms with Crippen LogP contribution in [0.3, 0.4) is 0 Å². The molecule has 0 spiro atoms. The van der Waals surface area contributed by atoms with Crippen molar-refractivity contribution >= 4 is 18.6 Å². The zero-order valence-electron chi connectivity index (χ0n) is 4.85. The molecule has 1 aromatic rings. The number of carbonyl (C=O) groups is 1. The second-order valence-corrected chi connectivity index (χ2v) is 2.15. The van der Waals surface area contributed by atoms with Gasteiger partial charge < -0.3 is 5.11 Å². The molecule has 0 fully saturated rings. The van der Waals surface area contributed by atoms with Crippen LogP contribution in [0.5, 0.6) is 0 Å². The first-order valence-electron chi connectivity index (χ1n) is 2.48. The molecule has 1 aromatic heterocycles. The number of aromatic amines is 1. The van der Waals surface area contributed by atoms with Crippen LogP contribution in [-0.2, 0) is 4.79 Å². The van der Waals surface area contributed by atoms with Gasteiger partial charge >= 0.3 is 5.97 Å². The number of aromatic nitrogens is 3. The number of aliphatic carboxylic acids is 1. The number of hydrogen-bond donors (Lipinski definition) is 3. The normalized spacial score (nSPS) is 12.9. The van der Waals surface area contributed by atoms with E-state index in [2.05, 4.69) is 28.0 Å². The van der Waals surface area contributed by atoms with E-state index in [0.717, 1.165) is 0 Å². The van der Waals surface area contributed by atoms with Gasteiger partial charge in [-0.3, -0.25) is 4.79 Å². The molecule has 1 atom stereocenters. The summed E-state index contributed by atoms with van der Waals surface area (Å²) in [4.78, 5) is 10.2. The van der Waals surface area contributed by atoms with Crippen LogP contribution >= 0.6 is 12.6 Å². The van der Waals surface area contributed by atoms with Gasteiger partial charge in [0.05, 0.1) is 6.20 Å². The molecule has 5 nitrogen and oxygen atoms in total. The highest BCUT2D eigenvalue weighted by atomic mass is 32.1. The second kappa shape index (κ2) is 2.70. The van der Waals surface area contributed by atoms with Crippen LogP contribution in [0.1, 0.15) is 10.9 Å². The molecule has 1 heterocycles. The monoisotopic (exact) mass is 159 g/mol. The molecule has 0 radical (unpaired) electrons. The molecule has 0 aliphatic heterocycles. The Morgan fingerprint density at radius 3 is 3.00 bits per heavy atom. The Bertz CT molecular complexity index is 222. The summed E-state index contributed by atoms with van der Waals surface area (Å²) in [5, 5.41) is 16.8. The highest BCUT2D eigenvalue weighted by molar-refractivity contribution is 7.81. The molecule has 1 rings (SSSR count). The largest absolute Gasteiger partial charge is 0.480 e. The van der Waals surface area contributed by atoms with E-state index in [0.29, 0.717) is 5.69 Å². The number of nitrogens with zero attached hydrogens (tertiary/aromatic N) is 2. The van der Waals surface area contributed by atoms with Gasteiger partial charge in [0.2, 0.25) is 0 Å². The number of nitrogens with one attached hydrogen (secondary N) is 1. The number of H-pyrrole nitrogens is 1. The third kappa shape index (κ3) is 1.27. The van der Waals surface area contributed by atoms with E-state index in [1.807, 2.05) is 0 Å². The maximum atomic E-state index is 10.2. The molecular weight excluding hydrogens is 154 g/mol. The number of carboxylic acids is 1. The van der Waals surface area contributed by atoms with Crippen LogP contribution < -0.4 is 0 Å².